The first-order chi connectivity index (χ1) is 14.6. The van der Waals surface area contributed by atoms with Gasteiger partial charge in [0.1, 0.15) is 5.82 Å². The van der Waals surface area contributed by atoms with Gasteiger partial charge in [-0.05, 0) is 67.4 Å². The maximum atomic E-state index is 12.8. The quantitative estimate of drug-likeness (QED) is 0.602. The van der Waals surface area contributed by atoms with E-state index in [4.69, 9.17) is 4.42 Å². The van der Waals surface area contributed by atoms with Crippen molar-refractivity contribution in [1.29, 1.82) is 0 Å². The number of carbonyl (C=O) groups is 1. The Morgan fingerprint density at radius 2 is 1.97 bits per heavy atom. The summed E-state index contributed by atoms with van der Waals surface area (Å²) in [6.07, 6.45) is 8.36. The summed E-state index contributed by atoms with van der Waals surface area (Å²) in [6, 6.07) is 7.90. The summed E-state index contributed by atoms with van der Waals surface area (Å²) in [4.78, 5) is 21.3. The van der Waals surface area contributed by atoms with E-state index in [2.05, 4.69) is 15.3 Å². The van der Waals surface area contributed by atoms with E-state index in [1.54, 1.807) is 12.4 Å². The second kappa shape index (κ2) is 7.82. The Hall–Kier alpha value is -2.76. The molecule has 2 aliphatic rings. The number of nitrogens with one attached hydrogen (secondary N) is 1. The highest BCUT2D eigenvalue weighted by atomic mass is 19.1. The summed E-state index contributed by atoms with van der Waals surface area (Å²) >= 11 is 0. The Kier molecular flexibility index (Phi) is 5.01. The molecule has 2 unspecified atom stereocenters. The van der Waals surface area contributed by atoms with Gasteiger partial charge >= 0.3 is 0 Å². The Balaban J connectivity index is 1.25. The van der Waals surface area contributed by atoms with Crippen LogP contribution in [-0.4, -0.2) is 22.5 Å². The van der Waals surface area contributed by atoms with Gasteiger partial charge in [0.25, 0.3) is 0 Å². The predicted molar refractivity (Wildman–Crippen MR) is 114 cm³/mol. The molecule has 1 amide bonds. The van der Waals surface area contributed by atoms with Gasteiger partial charge in [0.15, 0.2) is 11.7 Å². The lowest BCUT2D eigenvalue weighted by molar-refractivity contribution is -0.121. The fourth-order valence-corrected chi connectivity index (χ4v) is 4.92. The Morgan fingerprint density at radius 1 is 1.13 bits per heavy atom. The number of benzene rings is 1. The zero-order valence-electron chi connectivity index (χ0n) is 17.1. The second-order valence-corrected chi connectivity index (χ2v) is 8.79. The molecule has 2 aromatic heterocycles. The first-order valence-corrected chi connectivity index (χ1v) is 10.8. The molecular formula is C24H26FN3O2. The van der Waals surface area contributed by atoms with Gasteiger partial charge in [0, 0.05) is 30.0 Å². The molecule has 2 heterocycles. The molecule has 2 saturated carbocycles. The average Bonchev–Trinajstić information content (AvgIpc) is 3.44. The number of anilines is 1. The third-order valence-electron chi connectivity index (χ3n) is 6.80. The zero-order valence-corrected chi connectivity index (χ0v) is 17.1. The SMILES string of the molecule is Cc1ncc(-c2ccc3cnc(NC(=O)C4CCC(C5CC5CF)CC4)cc3c2)o1. The van der Waals surface area contributed by atoms with Crippen molar-refractivity contribution in [1.82, 2.24) is 9.97 Å². The van der Waals surface area contributed by atoms with Crippen LogP contribution in [0.4, 0.5) is 10.2 Å². The molecule has 1 aromatic carbocycles. The number of hydrogen-bond acceptors (Lipinski definition) is 4. The predicted octanol–water partition coefficient (Wildman–Crippen LogP) is 5.55. The Morgan fingerprint density at radius 3 is 2.67 bits per heavy atom. The van der Waals surface area contributed by atoms with Crippen LogP contribution in [0.1, 0.15) is 38.0 Å². The van der Waals surface area contributed by atoms with Crippen molar-refractivity contribution in [3.8, 4) is 11.3 Å². The average molecular weight is 407 g/mol. The van der Waals surface area contributed by atoms with Crippen molar-refractivity contribution in [2.24, 2.45) is 23.7 Å². The van der Waals surface area contributed by atoms with Gasteiger partial charge in [-0.2, -0.15) is 0 Å². The number of rotatable bonds is 5. The molecule has 5 rings (SSSR count). The highest BCUT2D eigenvalue weighted by Crippen LogP contribution is 2.50. The lowest BCUT2D eigenvalue weighted by atomic mass is 9.79. The summed E-state index contributed by atoms with van der Waals surface area (Å²) in [5.41, 5.74) is 0.941. The van der Waals surface area contributed by atoms with E-state index in [0.29, 0.717) is 23.5 Å². The summed E-state index contributed by atoms with van der Waals surface area (Å²) in [7, 11) is 0. The molecule has 2 aliphatic carbocycles. The standard InChI is InChI=1S/C24H26FN3O2/c1-14-26-13-22(30-14)17-6-7-18-12-27-23(10-19(18)8-17)28-24(29)16-4-2-15(3-5-16)21-9-20(21)11-25/h6-8,10,12-13,15-16,20-21H,2-5,9,11H2,1H3,(H,27,28,29). The number of alkyl halides is 1. The minimum absolute atomic E-state index is 0.0184. The lowest BCUT2D eigenvalue weighted by Crippen LogP contribution is -2.28. The molecule has 3 aromatic rings. The minimum Gasteiger partial charge on any atom is -0.441 e. The number of pyridine rings is 1. The van der Waals surface area contributed by atoms with Crippen molar-refractivity contribution in [2.75, 3.05) is 12.0 Å². The summed E-state index contributed by atoms with van der Waals surface area (Å²) < 4.78 is 18.4. The topological polar surface area (TPSA) is 68.0 Å². The van der Waals surface area contributed by atoms with Crippen molar-refractivity contribution in [2.45, 2.75) is 39.0 Å². The maximum absolute atomic E-state index is 12.8. The van der Waals surface area contributed by atoms with Gasteiger partial charge in [-0.1, -0.05) is 12.1 Å². The van der Waals surface area contributed by atoms with Gasteiger partial charge in [-0.3, -0.25) is 9.18 Å². The highest BCUT2D eigenvalue weighted by molar-refractivity contribution is 5.94. The summed E-state index contributed by atoms with van der Waals surface area (Å²) in [6.45, 7) is 1.63. The maximum Gasteiger partial charge on any atom is 0.228 e. The van der Waals surface area contributed by atoms with Gasteiger partial charge in [-0.15, -0.1) is 0 Å². The van der Waals surface area contributed by atoms with E-state index in [1.165, 1.54) is 0 Å². The first kappa shape index (κ1) is 19.2. The zero-order chi connectivity index (χ0) is 20.7. The summed E-state index contributed by atoms with van der Waals surface area (Å²) in [5, 5.41) is 4.99. The van der Waals surface area contributed by atoms with Crippen LogP contribution in [0.2, 0.25) is 0 Å². The van der Waals surface area contributed by atoms with E-state index in [9.17, 15) is 9.18 Å². The van der Waals surface area contributed by atoms with Crippen molar-refractivity contribution in [3.05, 3.63) is 42.5 Å². The van der Waals surface area contributed by atoms with E-state index in [-0.39, 0.29) is 24.4 Å². The van der Waals surface area contributed by atoms with Gasteiger partial charge in [0.2, 0.25) is 5.91 Å². The number of oxazole rings is 1. The van der Waals surface area contributed by atoms with Crippen LogP contribution in [0.15, 0.2) is 41.1 Å². The smallest absolute Gasteiger partial charge is 0.228 e. The molecule has 0 aliphatic heterocycles. The monoisotopic (exact) mass is 407 g/mol. The lowest BCUT2D eigenvalue weighted by Gasteiger charge is -2.28. The number of aromatic nitrogens is 2. The molecule has 0 radical (unpaired) electrons. The molecule has 0 spiro atoms. The van der Waals surface area contributed by atoms with Crippen LogP contribution in [-0.2, 0) is 4.79 Å². The Bertz CT molecular complexity index is 1070. The van der Waals surface area contributed by atoms with Crippen molar-refractivity contribution >= 4 is 22.5 Å². The van der Waals surface area contributed by atoms with Crippen molar-refractivity contribution < 1.29 is 13.6 Å². The first-order valence-electron chi connectivity index (χ1n) is 10.8. The van der Waals surface area contributed by atoms with Gasteiger partial charge in [-0.25, -0.2) is 9.97 Å². The van der Waals surface area contributed by atoms with Crippen molar-refractivity contribution in [3.63, 3.8) is 0 Å². The fourth-order valence-electron chi connectivity index (χ4n) is 4.92. The highest BCUT2D eigenvalue weighted by Gasteiger charge is 2.44. The number of hydrogen-bond donors (Lipinski definition) is 1. The number of amides is 1. The Labute approximate surface area is 175 Å². The van der Waals surface area contributed by atoms with E-state index < -0.39 is 0 Å². The largest absolute Gasteiger partial charge is 0.441 e. The molecule has 30 heavy (non-hydrogen) atoms. The third kappa shape index (κ3) is 3.83. The molecule has 0 bridgehead atoms. The van der Waals surface area contributed by atoms with Gasteiger partial charge in [0.05, 0.1) is 12.9 Å². The van der Waals surface area contributed by atoms with Crippen LogP contribution in [0.25, 0.3) is 22.1 Å². The number of carbonyl (C=O) groups excluding carboxylic acids is 1. The molecule has 2 atom stereocenters. The van der Waals surface area contributed by atoms with Crippen LogP contribution < -0.4 is 5.32 Å². The molecule has 6 heteroatoms. The van der Waals surface area contributed by atoms with E-state index >= 15 is 0 Å². The fraction of sp³-hybridized carbons (Fsp3) is 0.458. The normalized spacial score (nSPS) is 25.9. The van der Waals surface area contributed by atoms with Crippen LogP contribution in [0.3, 0.4) is 0 Å². The van der Waals surface area contributed by atoms with Crippen LogP contribution in [0, 0.1) is 30.6 Å². The third-order valence-corrected chi connectivity index (χ3v) is 6.80. The number of aryl methyl sites for hydroxylation is 1. The molecule has 156 valence electrons. The minimum atomic E-state index is -0.184. The van der Waals surface area contributed by atoms with E-state index in [0.717, 1.165) is 54.2 Å². The van der Waals surface area contributed by atoms with Gasteiger partial charge < -0.3 is 9.73 Å². The van der Waals surface area contributed by atoms with Crippen LogP contribution >= 0.6 is 0 Å². The molecule has 2 fully saturated rings. The summed E-state index contributed by atoms with van der Waals surface area (Å²) in [5.74, 6) is 3.43. The molecule has 5 nitrogen and oxygen atoms in total. The molecular weight excluding hydrogens is 381 g/mol. The van der Waals surface area contributed by atoms with E-state index in [1.807, 2.05) is 31.2 Å². The van der Waals surface area contributed by atoms with Crippen LogP contribution in [0.5, 0.6) is 0 Å². The molecule has 0 saturated heterocycles. The number of halogens is 1. The number of fused-ring (bicyclic) bond motifs is 1. The number of nitrogens with zero attached hydrogens (tertiary/aromatic N) is 2. The molecule has 1 N–H and O–H groups in total. The second-order valence-electron chi connectivity index (χ2n) is 8.79.